The minimum absolute atomic E-state index is 0.114. The van der Waals surface area contributed by atoms with Crippen LogP contribution >= 0.6 is 11.6 Å². The average molecular weight is 607 g/mol. The molecule has 2 N–H and O–H groups in total. The van der Waals surface area contributed by atoms with Crippen molar-refractivity contribution in [1.82, 2.24) is 14.9 Å². The number of benzene rings is 2. The van der Waals surface area contributed by atoms with Crippen LogP contribution in [0.15, 0.2) is 36.5 Å². The first-order chi connectivity index (χ1) is 19.6. The van der Waals surface area contributed by atoms with Gasteiger partial charge in [-0.2, -0.15) is 4.98 Å². The number of amides is 1. The number of halogens is 1. The number of hydrogen-bond acceptors (Lipinski definition) is 11. The van der Waals surface area contributed by atoms with Gasteiger partial charge in [0.25, 0.3) is 0 Å². The fourth-order valence-electron chi connectivity index (χ4n) is 4.24. The minimum Gasteiger partial charge on any atom is -0.497 e. The van der Waals surface area contributed by atoms with Crippen LogP contribution in [0.1, 0.15) is 12.8 Å². The molecule has 13 nitrogen and oxygen atoms in total. The first-order valence-corrected chi connectivity index (χ1v) is 14.6. The van der Waals surface area contributed by atoms with Crippen molar-refractivity contribution in [3.63, 3.8) is 0 Å². The Labute approximate surface area is 243 Å². The molecule has 220 valence electrons. The van der Waals surface area contributed by atoms with E-state index in [2.05, 4.69) is 20.6 Å². The molecule has 1 aliphatic rings. The Kier molecular flexibility index (Phi) is 9.13. The number of nitrogens with one attached hydrogen (secondary N) is 2. The molecule has 0 saturated carbocycles. The fraction of sp³-hybridized carbons (Fsp3) is 0.346. The Hall–Kier alpha value is -4.17. The van der Waals surface area contributed by atoms with E-state index >= 15 is 0 Å². The summed E-state index contributed by atoms with van der Waals surface area (Å²) >= 11 is 6.44. The molecule has 41 heavy (non-hydrogen) atoms. The number of ether oxygens (including phenoxy) is 4. The first-order valence-electron chi connectivity index (χ1n) is 12.4. The molecule has 1 fully saturated rings. The van der Waals surface area contributed by atoms with Crippen LogP contribution in [-0.2, 0) is 14.8 Å². The second kappa shape index (κ2) is 12.6. The zero-order valence-corrected chi connectivity index (χ0v) is 24.8. The summed E-state index contributed by atoms with van der Waals surface area (Å²) in [6, 6.07) is 8.25. The molecule has 15 heteroatoms. The van der Waals surface area contributed by atoms with Crippen molar-refractivity contribution in [3.8, 4) is 23.0 Å². The standard InChI is InChI=1S/C26H31ClN6O7S/c1-37-17-8-9-19(20(13-17)33(41(5,35)36)15-32-10-6-7-23(32)34)30-25-18(27)14-28-26(31-25)29-16-11-21(38-2)24(40-4)22(12-16)39-3/h8-9,11-14H,6-7,10,15H2,1-5H3,(H2,28,29,30,31). The van der Waals surface area contributed by atoms with Gasteiger partial charge in [0, 0.05) is 36.9 Å². The lowest BCUT2D eigenvalue weighted by Crippen LogP contribution is -2.42. The van der Waals surface area contributed by atoms with Gasteiger partial charge in [-0.1, -0.05) is 11.6 Å². The molecule has 1 aromatic heterocycles. The summed E-state index contributed by atoms with van der Waals surface area (Å²) in [5.41, 5.74) is 1.17. The number of rotatable bonds is 12. The largest absolute Gasteiger partial charge is 0.497 e. The predicted molar refractivity (Wildman–Crippen MR) is 156 cm³/mol. The van der Waals surface area contributed by atoms with Gasteiger partial charge in [-0.05, 0) is 18.6 Å². The Balaban J connectivity index is 1.70. The molecule has 0 aliphatic carbocycles. The van der Waals surface area contributed by atoms with E-state index in [1.807, 2.05) is 0 Å². The van der Waals surface area contributed by atoms with E-state index in [0.717, 1.165) is 10.6 Å². The quantitative estimate of drug-likeness (QED) is 0.309. The maximum absolute atomic E-state index is 12.9. The average Bonchev–Trinajstić information content (AvgIpc) is 3.36. The molecule has 1 aliphatic heterocycles. The van der Waals surface area contributed by atoms with Gasteiger partial charge in [-0.15, -0.1) is 0 Å². The lowest BCUT2D eigenvalue weighted by atomic mass is 10.2. The number of anilines is 5. The molecule has 0 radical (unpaired) electrons. The molecule has 2 heterocycles. The topological polar surface area (TPSA) is 144 Å². The third kappa shape index (κ3) is 6.77. The number of methoxy groups -OCH3 is 4. The molecular formula is C26H31ClN6O7S. The minimum atomic E-state index is -3.81. The molecule has 1 amide bonds. The number of aromatic nitrogens is 2. The smallest absolute Gasteiger partial charge is 0.233 e. The fourth-order valence-corrected chi connectivity index (χ4v) is 5.24. The molecule has 0 unspecified atom stereocenters. The van der Waals surface area contributed by atoms with Gasteiger partial charge in [-0.25, -0.2) is 17.7 Å². The van der Waals surface area contributed by atoms with E-state index < -0.39 is 10.0 Å². The van der Waals surface area contributed by atoms with Crippen LogP contribution in [0.5, 0.6) is 23.0 Å². The Morgan fingerprint density at radius 3 is 2.29 bits per heavy atom. The van der Waals surface area contributed by atoms with Crippen molar-refractivity contribution in [2.75, 3.05) is 62.8 Å². The second-order valence-electron chi connectivity index (χ2n) is 8.95. The molecule has 0 bridgehead atoms. The second-order valence-corrected chi connectivity index (χ2v) is 11.3. The van der Waals surface area contributed by atoms with E-state index in [9.17, 15) is 13.2 Å². The van der Waals surface area contributed by atoms with Gasteiger partial charge in [0.15, 0.2) is 17.3 Å². The maximum Gasteiger partial charge on any atom is 0.233 e. The lowest BCUT2D eigenvalue weighted by Gasteiger charge is -2.29. The van der Waals surface area contributed by atoms with Crippen LogP contribution in [-0.4, -0.2) is 77.1 Å². The number of sulfonamides is 1. The summed E-state index contributed by atoms with van der Waals surface area (Å²) in [7, 11) is 2.19. The Bertz CT molecular complexity index is 1510. The van der Waals surface area contributed by atoms with E-state index in [-0.39, 0.29) is 35.1 Å². The van der Waals surface area contributed by atoms with E-state index in [0.29, 0.717) is 53.8 Å². The molecule has 2 aromatic carbocycles. The summed E-state index contributed by atoms with van der Waals surface area (Å²) < 4.78 is 48.6. The van der Waals surface area contributed by atoms with Crippen molar-refractivity contribution in [2.45, 2.75) is 12.8 Å². The molecule has 0 atom stereocenters. The van der Waals surface area contributed by atoms with Crippen molar-refractivity contribution in [1.29, 1.82) is 0 Å². The third-order valence-electron chi connectivity index (χ3n) is 6.26. The van der Waals surface area contributed by atoms with Crippen molar-refractivity contribution < 1.29 is 32.2 Å². The van der Waals surface area contributed by atoms with Crippen LogP contribution < -0.4 is 33.9 Å². The van der Waals surface area contributed by atoms with Crippen LogP contribution in [0.3, 0.4) is 0 Å². The summed E-state index contributed by atoms with van der Waals surface area (Å²) in [5, 5.41) is 6.38. The summed E-state index contributed by atoms with van der Waals surface area (Å²) in [4.78, 5) is 22.6. The molecule has 4 rings (SSSR count). The third-order valence-corrected chi connectivity index (χ3v) is 7.65. The van der Waals surface area contributed by atoms with Gasteiger partial charge in [-0.3, -0.25) is 4.79 Å². The van der Waals surface area contributed by atoms with Crippen LogP contribution in [0, 0.1) is 0 Å². The van der Waals surface area contributed by atoms with E-state index in [1.54, 1.807) is 30.3 Å². The van der Waals surface area contributed by atoms with Gasteiger partial charge in [0.2, 0.25) is 27.6 Å². The maximum atomic E-state index is 12.9. The highest BCUT2D eigenvalue weighted by atomic mass is 35.5. The predicted octanol–water partition coefficient (Wildman–Crippen LogP) is 4.00. The normalized spacial score (nSPS) is 13.1. The van der Waals surface area contributed by atoms with Gasteiger partial charge >= 0.3 is 0 Å². The summed E-state index contributed by atoms with van der Waals surface area (Å²) in [6.07, 6.45) is 3.52. The zero-order valence-electron chi connectivity index (χ0n) is 23.2. The Morgan fingerprint density at radius 1 is 1.02 bits per heavy atom. The van der Waals surface area contributed by atoms with Crippen molar-refractivity contribution in [2.24, 2.45) is 0 Å². The molecule has 0 spiro atoms. The molecule has 3 aromatic rings. The van der Waals surface area contributed by atoms with Crippen LogP contribution in [0.2, 0.25) is 5.02 Å². The van der Waals surface area contributed by atoms with Crippen LogP contribution in [0.4, 0.5) is 28.8 Å². The number of nitrogens with zero attached hydrogens (tertiary/aromatic N) is 4. The highest BCUT2D eigenvalue weighted by Gasteiger charge is 2.29. The highest BCUT2D eigenvalue weighted by molar-refractivity contribution is 7.92. The van der Waals surface area contributed by atoms with Gasteiger partial charge in [0.05, 0.1) is 52.3 Å². The lowest BCUT2D eigenvalue weighted by molar-refractivity contribution is -0.127. The van der Waals surface area contributed by atoms with Crippen molar-refractivity contribution >= 4 is 56.4 Å². The van der Waals surface area contributed by atoms with Crippen molar-refractivity contribution in [3.05, 3.63) is 41.6 Å². The zero-order chi connectivity index (χ0) is 29.7. The number of carbonyl (C=O) groups is 1. The van der Waals surface area contributed by atoms with Gasteiger partial charge < -0.3 is 34.5 Å². The highest BCUT2D eigenvalue weighted by Crippen LogP contribution is 2.41. The number of carbonyl (C=O) groups excluding carboxylic acids is 1. The van der Waals surface area contributed by atoms with E-state index in [4.69, 9.17) is 30.5 Å². The summed E-state index contributed by atoms with van der Waals surface area (Å²) in [6.45, 7) is 0.316. The van der Waals surface area contributed by atoms with Gasteiger partial charge in [0.1, 0.15) is 17.4 Å². The SMILES string of the molecule is COc1ccc(Nc2nc(Nc3cc(OC)c(OC)c(OC)c3)ncc2Cl)c(N(CN2CCCC2=O)S(C)(=O)=O)c1. The number of hydrogen-bond donors (Lipinski definition) is 2. The Morgan fingerprint density at radius 2 is 1.73 bits per heavy atom. The monoisotopic (exact) mass is 606 g/mol. The number of likely N-dealkylation sites (tertiary alicyclic amines) is 1. The molecule has 1 saturated heterocycles. The van der Waals surface area contributed by atoms with E-state index in [1.165, 1.54) is 39.5 Å². The summed E-state index contributed by atoms with van der Waals surface area (Å²) in [5.74, 6) is 1.99. The van der Waals surface area contributed by atoms with Crippen LogP contribution in [0.25, 0.3) is 0 Å². The first kappa shape index (κ1) is 29.8. The molecular weight excluding hydrogens is 576 g/mol.